The fraction of sp³-hybridized carbons (Fsp3) is 0.500. The summed E-state index contributed by atoms with van der Waals surface area (Å²) in [7, 11) is 0. The van der Waals surface area contributed by atoms with E-state index in [2.05, 4.69) is 6.92 Å². The second-order valence-electron chi connectivity index (χ2n) is 8.36. The molecule has 144 valence electrons. The molecular weight excluding hydrogens is 345 g/mol. The number of hydrogen-bond donors (Lipinski definition) is 0. The van der Waals surface area contributed by atoms with Gasteiger partial charge in [-0.15, -0.1) is 0 Å². The van der Waals surface area contributed by atoms with Gasteiger partial charge in [-0.2, -0.15) is 0 Å². The molecule has 2 aromatic carbocycles. The number of hydrogen-bond acceptors (Lipinski definition) is 0. The van der Waals surface area contributed by atoms with Crippen LogP contribution in [0.1, 0.15) is 56.6 Å². The van der Waals surface area contributed by atoms with Gasteiger partial charge in [0, 0.05) is 11.1 Å². The van der Waals surface area contributed by atoms with E-state index in [0.717, 1.165) is 36.3 Å². The molecule has 3 heteroatoms. The minimum Gasteiger partial charge on any atom is -0.206 e. The maximum Gasteiger partial charge on any atom is 0.166 e. The zero-order chi connectivity index (χ0) is 19.0. The summed E-state index contributed by atoms with van der Waals surface area (Å²) in [5, 5.41) is 0. The fourth-order valence-corrected chi connectivity index (χ4v) is 5.23. The Balaban J connectivity index is 1.56. The van der Waals surface area contributed by atoms with E-state index in [1.54, 1.807) is 6.07 Å². The van der Waals surface area contributed by atoms with E-state index in [-0.39, 0.29) is 16.9 Å². The number of benzene rings is 2. The largest absolute Gasteiger partial charge is 0.206 e. The first-order valence-electron chi connectivity index (χ1n) is 10.3. The molecule has 2 aliphatic carbocycles. The van der Waals surface area contributed by atoms with E-state index in [1.165, 1.54) is 44.2 Å². The van der Waals surface area contributed by atoms with Crippen molar-refractivity contribution in [1.82, 2.24) is 0 Å². The van der Waals surface area contributed by atoms with Gasteiger partial charge in [0.15, 0.2) is 11.6 Å². The van der Waals surface area contributed by atoms with Crippen LogP contribution in [0.15, 0.2) is 30.3 Å². The molecule has 0 heterocycles. The van der Waals surface area contributed by atoms with E-state index in [9.17, 15) is 8.78 Å². The van der Waals surface area contributed by atoms with Gasteiger partial charge in [-0.05, 0) is 67.1 Å². The second kappa shape index (κ2) is 7.69. The summed E-state index contributed by atoms with van der Waals surface area (Å²) in [6.45, 7) is 2.28. The third-order valence-corrected chi connectivity index (χ3v) is 6.96. The van der Waals surface area contributed by atoms with Crippen LogP contribution >= 0.6 is 0 Å². The Hall–Kier alpha value is -1.77. The highest BCUT2D eigenvalue weighted by Gasteiger charge is 2.31. The van der Waals surface area contributed by atoms with Crippen LogP contribution in [-0.4, -0.2) is 0 Å². The van der Waals surface area contributed by atoms with Crippen molar-refractivity contribution in [3.63, 3.8) is 0 Å². The summed E-state index contributed by atoms with van der Waals surface area (Å²) < 4.78 is 42.8. The standard InChI is InChI=1S/C24H27F3/c1-2-15-6-8-16(9-7-15)17-10-12-19-18(14-17)11-13-21(23(19)26)20-4-3-5-22(25)24(20)27/h3-5,11,13,15-17H,2,6-10,12,14H2,1H3. The highest BCUT2D eigenvalue weighted by molar-refractivity contribution is 5.67. The highest BCUT2D eigenvalue weighted by Crippen LogP contribution is 2.42. The van der Waals surface area contributed by atoms with Crippen molar-refractivity contribution in [3.8, 4) is 11.1 Å². The van der Waals surface area contributed by atoms with Gasteiger partial charge in [0.25, 0.3) is 0 Å². The van der Waals surface area contributed by atoms with Gasteiger partial charge in [-0.25, -0.2) is 13.2 Å². The molecule has 0 bridgehead atoms. The third-order valence-electron chi connectivity index (χ3n) is 6.96. The van der Waals surface area contributed by atoms with E-state index in [4.69, 9.17) is 0 Å². The Kier molecular flexibility index (Phi) is 5.29. The van der Waals surface area contributed by atoms with Crippen LogP contribution in [-0.2, 0) is 12.8 Å². The Morgan fingerprint density at radius 2 is 1.56 bits per heavy atom. The van der Waals surface area contributed by atoms with Gasteiger partial charge in [-0.1, -0.05) is 50.5 Å². The van der Waals surface area contributed by atoms with Crippen molar-refractivity contribution >= 4 is 0 Å². The molecule has 1 fully saturated rings. The van der Waals surface area contributed by atoms with E-state index in [0.29, 0.717) is 17.9 Å². The van der Waals surface area contributed by atoms with Crippen LogP contribution in [0.3, 0.4) is 0 Å². The first-order valence-corrected chi connectivity index (χ1v) is 10.3. The third kappa shape index (κ3) is 3.53. The Morgan fingerprint density at radius 3 is 2.30 bits per heavy atom. The van der Waals surface area contributed by atoms with Crippen LogP contribution in [0.5, 0.6) is 0 Å². The van der Waals surface area contributed by atoms with Crippen molar-refractivity contribution < 1.29 is 13.2 Å². The predicted molar refractivity (Wildman–Crippen MR) is 103 cm³/mol. The lowest BCUT2D eigenvalue weighted by atomic mass is 9.69. The topological polar surface area (TPSA) is 0 Å². The monoisotopic (exact) mass is 372 g/mol. The molecule has 0 radical (unpaired) electrons. The first kappa shape index (κ1) is 18.6. The van der Waals surface area contributed by atoms with Crippen LogP contribution in [0, 0.1) is 35.2 Å². The summed E-state index contributed by atoms with van der Waals surface area (Å²) in [4.78, 5) is 0. The fourth-order valence-electron chi connectivity index (χ4n) is 5.23. The smallest absolute Gasteiger partial charge is 0.166 e. The van der Waals surface area contributed by atoms with Gasteiger partial charge < -0.3 is 0 Å². The first-order chi connectivity index (χ1) is 13.1. The maximum absolute atomic E-state index is 15.1. The van der Waals surface area contributed by atoms with Crippen LogP contribution < -0.4 is 0 Å². The van der Waals surface area contributed by atoms with E-state index >= 15 is 4.39 Å². The lowest BCUT2D eigenvalue weighted by Gasteiger charge is -2.36. The van der Waals surface area contributed by atoms with Gasteiger partial charge in [0.05, 0.1) is 0 Å². The molecule has 0 N–H and O–H groups in total. The minimum atomic E-state index is -0.974. The average Bonchev–Trinajstić information content (AvgIpc) is 2.70. The van der Waals surface area contributed by atoms with Gasteiger partial charge in [-0.3, -0.25) is 0 Å². The lowest BCUT2D eigenvalue weighted by molar-refractivity contribution is 0.186. The molecule has 1 saturated carbocycles. The zero-order valence-electron chi connectivity index (χ0n) is 15.9. The molecule has 2 aliphatic rings. The molecule has 1 atom stereocenters. The van der Waals surface area contributed by atoms with Crippen molar-refractivity contribution in [1.29, 1.82) is 0 Å². The summed E-state index contributed by atoms with van der Waals surface area (Å²) in [6.07, 6.45) is 9.16. The molecule has 4 rings (SSSR count). The molecule has 0 saturated heterocycles. The molecule has 27 heavy (non-hydrogen) atoms. The summed E-state index contributed by atoms with van der Waals surface area (Å²) in [5.74, 6) is -0.00988. The van der Waals surface area contributed by atoms with Gasteiger partial charge in [0.1, 0.15) is 5.82 Å². The van der Waals surface area contributed by atoms with Gasteiger partial charge >= 0.3 is 0 Å². The summed E-state index contributed by atoms with van der Waals surface area (Å²) in [6, 6.07) is 7.49. The van der Waals surface area contributed by atoms with Crippen molar-refractivity contribution in [3.05, 3.63) is 58.9 Å². The molecule has 0 aromatic heterocycles. The Morgan fingerprint density at radius 1 is 0.815 bits per heavy atom. The van der Waals surface area contributed by atoms with Gasteiger partial charge in [0.2, 0.25) is 0 Å². The molecule has 2 aromatic rings. The maximum atomic E-state index is 15.1. The summed E-state index contributed by atoms with van der Waals surface area (Å²) in [5.41, 5.74) is 1.94. The zero-order valence-corrected chi connectivity index (χ0v) is 15.9. The average molecular weight is 372 g/mol. The molecule has 0 aliphatic heterocycles. The van der Waals surface area contributed by atoms with Crippen LogP contribution in [0.4, 0.5) is 13.2 Å². The molecule has 0 amide bonds. The highest BCUT2D eigenvalue weighted by atomic mass is 19.2. The number of fused-ring (bicyclic) bond motifs is 1. The minimum absolute atomic E-state index is 0.00955. The Bertz CT molecular complexity index is 819. The number of halogens is 3. The molecular formula is C24H27F3. The number of rotatable bonds is 3. The quantitative estimate of drug-likeness (QED) is 0.539. The Labute approximate surface area is 159 Å². The SMILES string of the molecule is CCC1CCC(C2CCc3c(ccc(-c4cccc(F)c4F)c3F)C2)CC1. The second-order valence-corrected chi connectivity index (χ2v) is 8.36. The summed E-state index contributed by atoms with van der Waals surface area (Å²) >= 11 is 0. The molecule has 0 spiro atoms. The normalized spacial score (nSPS) is 25.3. The van der Waals surface area contributed by atoms with Crippen molar-refractivity contribution in [2.45, 2.75) is 58.3 Å². The molecule has 0 nitrogen and oxygen atoms in total. The van der Waals surface area contributed by atoms with Crippen LogP contribution in [0.2, 0.25) is 0 Å². The van der Waals surface area contributed by atoms with Crippen molar-refractivity contribution in [2.75, 3.05) is 0 Å². The van der Waals surface area contributed by atoms with E-state index in [1.807, 2.05) is 6.07 Å². The predicted octanol–water partition coefficient (Wildman–Crippen LogP) is 7.09. The lowest BCUT2D eigenvalue weighted by Crippen LogP contribution is -2.27. The molecule has 1 unspecified atom stereocenters. The van der Waals surface area contributed by atoms with Crippen LogP contribution in [0.25, 0.3) is 11.1 Å². The van der Waals surface area contributed by atoms with Crippen molar-refractivity contribution in [2.24, 2.45) is 17.8 Å². The van der Waals surface area contributed by atoms with E-state index < -0.39 is 11.6 Å².